The summed E-state index contributed by atoms with van der Waals surface area (Å²) >= 11 is 0. The lowest BCUT2D eigenvalue weighted by atomic mass is 10.3. The first kappa shape index (κ1) is 20.0. The highest BCUT2D eigenvalue weighted by Crippen LogP contribution is 2.12. The van der Waals surface area contributed by atoms with E-state index in [1.165, 1.54) is 0 Å². The van der Waals surface area contributed by atoms with Gasteiger partial charge in [0.25, 0.3) is 0 Å². The fraction of sp³-hybridized carbons (Fsp3) is 0.667. The first-order chi connectivity index (χ1) is 9.90. The van der Waals surface area contributed by atoms with Gasteiger partial charge in [-0.25, -0.2) is 13.0 Å². The van der Waals surface area contributed by atoms with Crippen molar-refractivity contribution in [2.75, 3.05) is 13.1 Å². The molecule has 0 N–H and O–H groups in total. The van der Waals surface area contributed by atoms with E-state index in [9.17, 15) is 13.0 Å². The van der Waals surface area contributed by atoms with Gasteiger partial charge in [-0.2, -0.15) is 0 Å². The van der Waals surface area contributed by atoms with Crippen LogP contribution in [-0.4, -0.2) is 36.3 Å². The van der Waals surface area contributed by atoms with Crippen LogP contribution >= 0.6 is 0 Å². The Morgan fingerprint density at radius 2 is 1.57 bits per heavy atom. The lowest BCUT2D eigenvalue weighted by molar-refractivity contribution is -0.693. The molecule has 21 heavy (non-hydrogen) atoms. The van der Waals surface area contributed by atoms with Crippen LogP contribution in [0.5, 0.6) is 0 Å². The third kappa shape index (κ3) is 8.14. The monoisotopic (exact) mass is 316 g/mol. The van der Waals surface area contributed by atoms with E-state index in [-0.39, 0.29) is 0 Å². The number of hydrogen-bond acceptors (Lipinski definition) is 4. The molecule has 1 rings (SSSR count). The van der Waals surface area contributed by atoms with E-state index in [1.807, 2.05) is 39.0 Å². The van der Waals surface area contributed by atoms with E-state index in [4.69, 9.17) is 0 Å². The molecule has 0 radical (unpaired) electrons. The number of hydrogen-bond donors (Lipinski definition) is 0. The molecule has 0 bridgehead atoms. The van der Waals surface area contributed by atoms with Crippen LogP contribution in [-0.2, 0) is 16.7 Å². The van der Waals surface area contributed by atoms with Gasteiger partial charge in [0.2, 0.25) is 0 Å². The van der Waals surface area contributed by atoms with Crippen molar-refractivity contribution in [1.82, 2.24) is 4.90 Å². The molecule has 0 amide bonds. The van der Waals surface area contributed by atoms with Crippen molar-refractivity contribution in [2.24, 2.45) is 0 Å². The second-order valence-electron chi connectivity index (χ2n) is 4.66. The van der Waals surface area contributed by atoms with Crippen LogP contribution in [0.2, 0.25) is 0 Å². The molecule has 1 atom stereocenters. The lowest BCUT2D eigenvalue weighted by Gasteiger charge is -2.31. The van der Waals surface area contributed by atoms with Crippen molar-refractivity contribution in [1.29, 1.82) is 0 Å². The molecule has 0 saturated carbocycles. The molecule has 0 aliphatic carbocycles. The smallest absolute Gasteiger partial charge is 0.168 e. The van der Waals surface area contributed by atoms with Crippen molar-refractivity contribution in [3.63, 3.8) is 0 Å². The largest absolute Gasteiger partial charge is 0.747 e. The minimum absolute atomic E-state index is 0.424. The Balaban J connectivity index is 0.000000423. The molecular formula is C15H28N2O3S. The Labute approximate surface area is 129 Å². The number of rotatable bonds is 7. The predicted octanol–water partition coefficient (Wildman–Crippen LogP) is 1.99. The normalized spacial score (nSPS) is 12.7. The second kappa shape index (κ2) is 10.7. The van der Waals surface area contributed by atoms with Gasteiger partial charge in [-0.1, -0.05) is 33.3 Å². The third-order valence-corrected chi connectivity index (χ3v) is 4.43. The molecule has 1 unspecified atom stereocenters. The van der Waals surface area contributed by atoms with Crippen molar-refractivity contribution in [3.05, 3.63) is 30.6 Å². The predicted molar refractivity (Wildman–Crippen MR) is 83.6 cm³/mol. The molecule has 0 spiro atoms. The van der Waals surface area contributed by atoms with Gasteiger partial charge in [-0.3, -0.25) is 4.90 Å². The summed E-state index contributed by atoms with van der Waals surface area (Å²) in [6.07, 6.45) is 5.25. The molecule has 6 heteroatoms. The van der Waals surface area contributed by atoms with Gasteiger partial charge in [0.05, 0.1) is 0 Å². The average molecular weight is 316 g/mol. The summed E-state index contributed by atoms with van der Waals surface area (Å²) in [6.45, 7) is 9.97. The summed E-state index contributed by atoms with van der Waals surface area (Å²) in [5, 5.41) is -0.840. The van der Waals surface area contributed by atoms with Gasteiger partial charge in [0, 0.05) is 12.1 Å². The molecule has 0 aliphatic heterocycles. The second-order valence-corrected chi connectivity index (χ2v) is 6.19. The molecule has 1 aromatic heterocycles. The molecule has 5 nitrogen and oxygen atoms in total. The fourth-order valence-electron chi connectivity index (χ4n) is 2.03. The Bertz CT molecular complexity index is 459. The number of aryl methyl sites for hydroxylation is 1. The zero-order chi connectivity index (χ0) is 16.3. The molecule has 1 aromatic rings. The SMILES string of the molecule is CCCC(N(CC)CC)S(=O)(=O)[O-].CC[n+]1ccccc1. The lowest BCUT2D eigenvalue weighted by Crippen LogP contribution is -2.40. The number of nitrogens with zero attached hydrogens (tertiary/aromatic N) is 2. The molecular weight excluding hydrogens is 288 g/mol. The van der Waals surface area contributed by atoms with E-state index in [0.717, 1.165) is 6.54 Å². The van der Waals surface area contributed by atoms with Crippen molar-refractivity contribution in [3.8, 4) is 0 Å². The number of pyridine rings is 1. The van der Waals surface area contributed by atoms with E-state index in [2.05, 4.69) is 23.9 Å². The minimum Gasteiger partial charge on any atom is -0.747 e. The van der Waals surface area contributed by atoms with Gasteiger partial charge < -0.3 is 4.55 Å². The van der Waals surface area contributed by atoms with E-state index in [1.54, 1.807) is 4.90 Å². The standard InChI is InChI=1S/C8H19NO3S.C7H10N/c1-4-7-8(13(10,11)12)9(5-2)6-3;1-2-8-6-4-3-5-7-8/h8H,4-7H2,1-3H3,(H,10,11,12);3-7H,2H2,1H3/q;+1/p-1. The highest BCUT2D eigenvalue weighted by molar-refractivity contribution is 7.86. The highest BCUT2D eigenvalue weighted by atomic mass is 32.2. The zero-order valence-corrected chi connectivity index (χ0v) is 14.3. The van der Waals surface area contributed by atoms with Gasteiger partial charge in [0.15, 0.2) is 12.4 Å². The van der Waals surface area contributed by atoms with Crippen LogP contribution in [0.15, 0.2) is 30.6 Å². The van der Waals surface area contributed by atoms with Crippen LogP contribution in [0, 0.1) is 0 Å². The summed E-state index contributed by atoms with van der Waals surface area (Å²) in [5.41, 5.74) is 0. The molecule has 1 heterocycles. The maximum Gasteiger partial charge on any atom is 0.168 e. The first-order valence-corrected chi connectivity index (χ1v) is 9.00. The minimum atomic E-state index is -4.17. The fourth-order valence-corrected chi connectivity index (χ4v) is 3.22. The quantitative estimate of drug-likeness (QED) is 0.570. The molecule has 0 saturated heterocycles. The van der Waals surface area contributed by atoms with Crippen LogP contribution < -0.4 is 4.57 Å². The van der Waals surface area contributed by atoms with Crippen molar-refractivity contribution < 1.29 is 17.5 Å². The van der Waals surface area contributed by atoms with Gasteiger partial charge in [0.1, 0.15) is 22.0 Å². The van der Waals surface area contributed by atoms with Gasteiger partial charge >= 0.3 is 0 Å². The van der Waals surface area contributed by atoms with Crippen LogP contribution in [0.3, 0.4) is 0 Å². The Hall–Kier alpha value is -0.980. The molecule has 0 aromatic carbocycles. The van der Waals surface area contributed by atoms with Crippen LogP contribution in [0.25, 0.3) is 0 Å². The summed E-state index contributed by atoms with van der Waals surface area (Å²) in [7, 11) is -4.17. The van der Waals surface area contributed by atoms with E-state index >= 15 is 0 Å². The van der Waals surface area contributed by atoms with Gasteiger partial charge in [-0.15, -0.1) is 0 Å². The number of aromatic nitrogens is 1. The maximum absolute atomic E-state index is 10.9. The van der Waals surface area contributed by atoms with Crippen molar-refractivity contribution >= 4 is 10.1 Å². The highest BCUT2D eigenvalue weighted by Gasteiger charge is 2.20. The maximum atomic E-state index is 10.9. The average Bonchev–Trinajstić information content (AvgIpc) is 2.48. The molecule has 0 aliphatic rings. The van der Waals surface area contributed by atoms with Crippen molar-refractivity contribution in [2.45, 2.75) is 52.5 Å². The zero-order valence-electron chi connectivity index (χ0n) is 13.5. The topological polar surface area (TPSA) is 64.3 Å². The van der Waals surface area contributed by atoms with Crippen LogP contribution in [0.1, 0.15) is 40.5 Å². The molecule has 122 valence electrons. The Kier molecular flexibility index (Phi) is 10.2. The molecule has 0 fully saturated rings. The summed E-state index contributed by atoms with van der Waals surface area (Å²) in [5.74, 6) is 0. The third-order valence-electron chi connectivity index (χ3n) is 3.23. The van der Waals surface area contributed by atoms with E-state index in [0.29, 0.717) is 25.9 Å². The van der Waals surface area contributed by atoms with Crippen LogP contribution in [0.4, 0.5) is 0 Å². The summed E-state index contributed by atoms with van der Waals surface area (Å²) in [4.78, 5) is 1.69. The first-order valence-electron chi connectivity index (χ1n) is 7.53. The summed E-state index contributed by atoms with van der Waals surface area (Å²) < 4.78 is 34.8. The Morgan fingerprint density at radius 1 is 1.05 bits per heavy atom. The Morgan fingerprint density at radius 3 is 1.86 bits per heavy atom. The van der Waals surface area contributed by atoms with Gasteiger partial charge in [-0.05, 0) is 26.4 Å². The summed E-state index contributed by atoms with van der Waals surface area (Å²) in [6, 6.07) is 6.08. The van der Waals surface area contributed by atoms with E-state index < -0.39 is 15.5 Å².